The zero-order valence-corrected chi connectivity index (χ0v) is 16.8. The third-order valence-corrected chi connectivity index (χ3v) is 4.74. The van der Waals surface area contributed by atoms with E-state index in [0.717, 1.165) is 12.1 Å². The first-order valence-electron chi connectivity index (χ1n) is 9.05. The van der Waals surface area contributed by atoms with Gasteiger partial charge in [-0.05, 0) is 42.3 Å². The number of hydrogen-bond donors (Lipinski definition) is 2. The van der Waals surface area contributed by atoms with Crippen molar-refractivity contribution < 1.29 is 31.1 Å². The first kappa shape index (κ1) is 23.5. The smallest absolute Gasteiger partial charge is 0.343 e. The van der Waals surface area contributed by atoms with Crippen LogP contribution in [0, 0.1) is 0 Å². The fraction of sp³-hybridized carbons (Fsp3) is 0.200. The lowest BCUT2D eigenvalue weighted by molar-refractivity contribution is -0.138. The minimum atomic E-state index is -4.60. The summed E-state index contributed by atoms with van der Waals surface area (Å²) in [6.07, 6.45) is -6.46. The van der Waals surface area contributed by atoms with E-state index < -0.39 is 29.4 Å². The summed E-state index contributed by atoms with van der Waals surface area (Å²) >= 11 is 5.78. The van der Waals surface area contributed by atoms with Crippen LogP contribution in [0.5, 0.6) is 0 Å². The first-order chi connectivity index (χ1) is 14.9. The predicted molar refractivity (Wildman–Crippen MR) is 105 cm³/mol. The molecule has 2 aromatic heterocycles. The highest BCUT2D eigenvalue weighted by Gasteiger charge is 2.32. The number of aryl methyl sites for hydroxylation is 2. The van der Waals surface area contributed by atoms with Crippen molar-refractivity contribution in [3.05, 3.63) is 82.3 Å². The average Bonchev–Trinajstić information content (AvgIpc) is 3.19. The number of halogens is 7. The highest BCUT2D eigenvalue weighted by molar-refractivity contribution is 6.33. The van der Waals surface area contributed by atoms with Gasteiger partial charge in [-0.1, -0.05) is 23.7 Å². The molecule has 0 radical (unpaired) electrons. The molecule has 0 fully saturated rings. The second-order valence-electron chi connectivity index (χ2n) is 6.66. The predicted octanol–water partition coefficient (Wildman–Crippen LogP) is 5.57. The molecule has 3 rings (SSSR count). The van der Waals surface area contributed by atoms with E-state index >= 15 is 0 Å². The maximum absolute atomic E-state index is 12.7. The van der Waals surface area contributed by atoms with Crippen LogP contribution in [0.2, 0.25) is 5.02 Å². The van der Waals surface area contributed by atoms with Gasteiger partial charge >= 0.3 is 12.4 Å². The zero-order chi connectivity index (χ0) is 23.5. The summed E-state index contributed by atoms with van der Waals surface area (Å²) in [5.74, 6) is -0.781. The molecule has 0 aliphatic heterocycles. The lowest BCUT2D eigenvalue weighted by Gasteiger charge is -2.13. The van der Waals surface area contributed by atoms with Gasteiger partial charge in [-0.2, -0.15) is 26.3 Å². The van der Waals surface area contributed by atoms with E-state index in [-0.39, 0.29) is 16.5 Å². The minimum Gasteiger partial charge on any atom is -0.343 e. The van der Waals surface area contributed by atoms with Gasteiger partial charge in [0, 0.05) is 18.9 Å². The molecule has 0 spiro atoms. The molecule has 0 aliphatic rings. The summed E-state index contributed by atoms with van der Waals surface area (Å²) in [4.78, 5) is 16.0. The van der Waals surface area contributed by atoms with Gasteiger partial charge in [0.1, 0.15) is 5.69 Å². The Kier molecular flexibility index (Phi) is 6.68. The number of benzene rings is 1. The second-order valence-corrected chi connectivity index (χ2v) is 7.07. The van der Waals surface area contributed by atoms with Crippen LogP contribution in [0.15, 0.2) is 54.9 Å². The molecule has 0 saturated heterocycles. The SMILES string of the molecule is O=C(NNc1ncc(C(F)(F)F)cc1Cl)c1cccn1CCc1ccc(C(F)(F)F)cc1. The Bertz CT molecular complexity index is 1090. The molecule has 170 valence electrons. The Morgan fingerprint density at radius 3 is 2.25 bits per heavy atom. The van der Waals surface area contributed by atoms with Crippen LogP contribution in [0.4, 0.5) is 32.2 Å². The Hall–Kier alpha value is -3.21. The number of hydrazine groups is 1. The molecule has 32 heavy (non-hydrogen) atoms. The number of anilines is 1. The van der Waals surface area contributed by atoms with Crippen LogP contribution in [-0.2, 0) is 25.3 Å². The van der Waals surface area contributed by atoms with Crippen molar-refractivity contribution in [2.45, 2.75) is 25.3 Å². The summed E-state index contributed by atoms with van der Waals surface area (Å²) in [5, 5.41) is -0.335. The molecule has 2 heterocycles. The number of aromatic nitrogens is 2. The molecule has 5 nitrogen and oxygen atoms in total. The Morgan fingerprint density at radius 1 is 1.00 bits per heavy atom. The molecule has 1 aromatic carbocycles. The summed E-state index contributed by atoms with van der Waals surface area (Å²) < 4.78 is 77.5. The average molecular weight is 477 g/mol. The Morgan fingerprint density at radius 2 is 1.66 bits per heavy atom. The van der Waals surface area contributed by atoms with E-state index in [4.69, 9.17) is 11.6 Å². The van der Waals surface area contributed by atoms with Crippen molar-refractivity contribution in [1.29, 1.82) is 0 Å². The van der Waals surface area contributed by atoms with Crippen molar-refractivity contribution in [3.8, 4) is 0 Å². The van der Waals surface area contributed by atoms with Gasteiger partial charge in [0.25, 0.3) is 5.91 Å². The monoisotopic (exact) mass is 476 g/mol. The third kappa shape index (κ3) is 5.72. The van der Waals surface area contributed by atoms with Crippen molar-refractivity contribution in [2.75, 3.05) is 5.43 Å². The summed E-state index contributed by atoms with van der Waals surface area (Å²) in [5.41, 5.74) is 3.76. The molecule has 12 heteroatoms. The highest BCUT2D eigenvalue weighted by atomic mass is 35.5. The van der Waals surface area contributed by atoms with E-state index in [0.29, 0.717) is 30.8 Å². The molecule has 1 amide bonds. The summed E-state index contributed by atoms with van der Waals surface area (Å²) in [6.45, 7) is 0.306. The normalized spacial score (nSPS) is 12.0. The van der Waals surface area contributed by atoms with E-state index in [2.05, 4.69) is 15.8 Å². The van der Waals surface area contributed by atoms with Crippen molar-refractivity contribution in [3.63, 3.8) is 0 Å². The number of carbonyl (C=O) groups excluding carboxylic acids is 1. The second kappa shape index (κ2) is 9.11. The number of nitrogens with zero attached hydrogens (tertiary/aromatic N) is 2. The fourth-order valence-electron chi connectivity index (χ4n) is 2.79. The first-order valence-corrected chi connectivity index (χ1v) is 9.43. The fourth-order valence-corrected chi connectivity index (χ4v) is 3.00. The number of amides is 1. The zero-order valence-electron chi connectivity index (χ0n) is 16.1. The summed E-state index contributed by atoms with van der Waals surface area (Å²) in [7, 11) is 0. The van der Waals surface area contributed by atoms with Gasteiger partial charge in [-0.15, -0.1) is 0 Å². The molecular formula is C20H15ClF6N4O. The van der Waals surface area contributed by atoms with Gasteiger partial charge in [-0.3, -0.25) is 15.6 Å². The molecule has 0 saturated carbocycles. The quantitative estimate of drug-likeness (QED) is 0.361. The molecule has 2 N–H and O–H groups in total. The van der Waals surface area contributed by atoms with Gasteiger partial charge in [0.05, 0.1) is 16.1 Å². The van der Waals surface area contributed by atoms with Crippen molar-refractivity contribution in [2.24, 2.45) is 0 Å². The molecule has 0 unspecified atom stereocenters. The molecular weight excluding hydrogens is 462 g/mol. The van der Waals surface area contributed by atoms with E-state index in [1.807, 2.05) is 0 Å². The Labute approximate surface area is 183 Å². The van der Waals surface area contributed by atoms with Crippen LogP contribution in [0.25, 0.3) is 0 Å². The van der Waals surface area contributed by atoms with E-state index in [1.54, 1.807) is 16.8 Å². The minimum absolute atomic E-state index is 0.170. The number of pyridine rings is 1. The van der Waals surface area contributed by atoms with Gasteiger partial charge in [-0.25, -0.2) is 4.98 Å². The highest BCUT2D eigenvalue weighted by Crippen LogP contribution is 2.32. The standard InChI is InChI=1S/C20H15ClF6N4O/c21-15-10-14(20(25,26)27)11-28-17(15)29-30-18(32)16-2-1-8-31(16)9-7-12-3-5-13(6-4-12)19(22,23)24/h1-6,8,10-11H,7,9H2,(H,28,29)(H,30,32). The van der Waals surface area contributed by atoms with Crippen LogP contribution >= 0.6 is 11.6 Å². The van der Waals surface area contributed by atoms with E-state index in [1.165, 1.54) is 18.2 Å². The molecule has 3 aromatic rings. The van der Waals surface area contributed by atoms with Crippen molar-refractivity contribution in [1.82, 2.24) is 15.0 Å². The van der Waals surface area contributed by atoms with Crippen LogP contribution in [-0.4, -0.2) is 15.5 Å². The number of hydrogen-bond acceptors (Lipinski definition) is 3. The molecule has 0 atom stereocenters. The number of rotatable bonds is 6. The largest absolute Gasteiger partial charge is 0.417 e. The molecule has 0 bridgehead atoms. The number of alkyl halides is 6. The van der Waals surface area contributed by atoms with Crippen LogP contribution in [0.3, 0.4) is 0 Å². The number of carbonyl (C=O) groups is 1. The van der Waals surface area contributed by atoms with E-state index in [9.17, 15) is 31.1 Å². The topological polar surface area (TPSA) is 59.0 Å². The lowest BCUT2D eigenvalue weighted by atomic mass is 10.1. The summed E-state index contributed by atoms with van der Waals surface area (Å²) in [6, 6.07) is 8.50. The maximum Gasteiger partial charge on any atom is 0.417 e. The number of nitrogens with one attached hydrogen (secondary N) is 2. The van der Waals surface area contributed by atoms with Gasteiger partial charge < -0.3 is 4.57 Å². The van der Waals surface area contributed by atoms with Gasteiger partial charge in [0.2, 0.25) is 0 Å². The lowest BCUT2D eigenvalue weighted by Crippen LogP contribution is -2.31. The molecule has 0 aliphatic carbocycles. The van der Waals surface area contributed by atoms with Crippen LogP contribution in [0.1, 0.15) is 27.2 Å². The van der Waals surface area contributed by atoms with Crippen molar-refractivity contribution >= 4 is 23.3 Å². The van der Waals surface area contributed by atoms with Crippen LogP contribution < -0.4 is 10.9 Å². The third-order valence-electron chi connectivity index (χ3n) is 4.45. The maximum atomic E-state index is 12.7. The van der Waals surface area contributed by atoms with Gasteiger partial charge in [0.15, 0.2) is 5.82 Å². The Balaban J connectivity index is 1.61.